The molecule has 4 rings (SSSR count). The number of carbonyl (C=O) groups is 1. The first-order chi connectivity index (χ1) is 11.1. The highest BCUT2D eigenvalue weighted by atomic mass is 16.1. The topological polar surface area (TPSA) is 69.1 Å². The van der Waals surface area contributed by atoms with E-state index in [0.717, 1.165) is 12.1 Å². The van der Waals surface area contributed by atoms with Crippen LogP contribution < -0.4 is 11.5 Å². The molecule has 0 aromatic heterocycles. The lowest BCUT2D eigenvalue weighted by Gasteiger charge is -2.00. The molecule has 0 aliphatic heterocycles. The van der Waals surface area contributed by atoms with Crippen molar-refractivity contribution in [2.24, 2.45) is 5.73 Å². The van der Waals surface area contributed by atoms with Gasteiger partial charge < -0.3 is 11.5 Å². The SMILES string of the molecule is NC(=O)c1ccccc1.Nc1ccc2c(c1)Cc1ccccc1-2. The average molecular weight is 302 g/mol. The van der Waals surface area contributed by atoms with Crippen LogP contribution in [0.15, 0.2) is 72.8 Å². The molecule has 4 N–H and O–H groups in total. The number of anilines is 1. The normalized spacial score (nSPS) is 11.0. The molecule has 3 nitrogen and oxygen atoms in total. The fourth-order valence-corrected chi connectivity index (χ4v) is 2.77. The van der Waals surface area contributed by atoms with Gasteiger partial charge in [0.25, 0.3) is 0 Å². The Kier molecular flexibility index (Phi) is 4.11. The molecule has 0 unspecified atom stereocenters. The second-order valence-corrected chi connectivity index (χ2v) is 5.48. The molecular weight excluding hydrogens is 284 g/mol. The number of rotatable bonds is 1. The summed E-state index contributed by atoms with van der Waals surface area (Å²) in [6.07, 6.45) is 1.02. The lowest BCUT2D eigenvalue weighted by atomic mass is 10.1. The van der Waals surface area contributed by atoms with E-state index >= 15 is 0 Å². The molecular formula is C20H18N2O. The fraction of sp³-hybridized carbons (Fsp3) is 0.0500. The molecule has 3 aromatic rings. The third-order valence-electron chi connectivity index (χ3n) is 3.88. The van der Waals surface area contributed by atoms with Gasteiger partial charge in [0, 0.05) is 11.3 Å². The van der Waals surface area contributed by atoms with Crippen molar-refractivity contribution in [2.75, 3.05) is 5.73 Å². The lowest BCUT2D eigenvalue weighted by Crippen LogP contribution is -2.09. The number of benzene rings is 3. The van der Waals surface area contributed by atoms with Crippen LogP contribution in [0.5, 0.6) is 0 Å². The van der Waals surface area contributed by atoms with Gasteiger partial charge in [0.05, 0.1) is 0 Å². The Hall–Kier alpha value is -3.07. The largest absolute Gasteiger partial charge is 0.399 e. The van der Waals surface area contributed by atoms with Gasteiger partial charge in [-0.05, 0) is 52.9 Å². The van der Waals surface area contributed by atoms with Crippen molar-refractivity contribution in [1.29, 1.82) is 0 Å². The summed E-state index contributed by atoms with van der Waals surface area (Å²) < 4.78 is 0. The molecule has 3 aromatic carbocycles. The van der Waals surface area contributed by atoms with Gasteiger partial charge in [0.15, 0.2) is 0 Å². The summed E-state index contributed by atoms with van der Waals surface area (Å²) in [7, 11) is 0. The zero-order valence-corrected chi connectivity index (χ0v) is 12.7. The fourth-order valence-electron chi connectivity index (χ4n) is 2.77. The highest BCUT2D eigenvalue weighted by Gasteiger charge is 2.16. The van der Waals surface area contributed by atoms with Crippen LogP contribution in [-0.4, -0.2) is 5.91 Å². The standard InChI is InChI=1S/C13H11N.C7H7NO/c14-11-5-6-13-10(8-11)7-9-3-1-2-4-12(9)13;8-7(9)6-4-2-1-3-5-6/h1-6,8H,7,14H2;1-5H,(H2,8,9). The van der Waals surface area contributed by atoms with Gasteiger partial charge in [-0.1, -0.05) is 48.5 Å². The van der Waals surface area contributed by atoms with Crippen molar-refractivity contribution in [3.8, 4) is 11.1 Å². The molecule has 1 aliphatic rings. The van der Waals surface area contributed by atoms with Crippen LogP contribution in [0.4, 0.5) is 5.69 Å². The summed E-state index contributed by atoms with van der Waals surface area (Å²) in [6, 6.07) is 23.5. The van der Waals surface area contributed by atoms with Gasteiger partial charge in [-0.15, -0.1) is 0 Å². The van der Waals surface area contributed by atoms with Gasteiger partial charge >= 0.3 is 0 Å². The smallest absolute Gasteiger partial charge is 0.248 e. The van der Waals surface area contributed by atoms with E-state index < -0.39 is 0 Å². The molecule has 1 amide bonds. The predicted octanol–water partition coefficient (Wildman–Crippen LogP) is 3.63. The van der Waals surface area contributed by atoms with Crippen LogP contribution in [0.3, 0.4) is 0 Å². The van der Waals surface area contributed by atoms with Gasteiger partial charge in [0.2, 0.25) is 5.91 Å². The van der Waals surface area contributed by atoms with Crippen molar-refractivity contribution in [3.05, 3.63) is 89.5 Å². The van der Waals surface area contributed by atoms with E-state index in [2.05, 4.69) is 36.4 Å². The van der Waals surface area contributed by atoms with E-state index in [9.17, 15) is 4.79 Å². The van der Waals surface area contributed by atoms with E-state index in [4.69, 9.17) is 11.5 Å². The van der Waals surface area contributed by atoms with Gasteiger partial charge in [-0.2, -0.15) is 0 Å². The van der Waals surface area contributed by atoms with Crippen LogP contribution in [0.2, 0.25) is 0 Å². The minimum absolute atomic E-state index is 0.379. The van der Waals surface area contributed by atoms with Crippen LogP contribution in [0, 0.1) is 0 Å². The zero-order chi connectivity index (χ0) is 16.2. The van der Waals surface area contributed by atoms with Crippen LogP contribution >= 0.6 is 0 Å². The zero-order valence-electron chi connectivity index (χ0n) is 12.7. The van der Waals surface area contributed by atoms with E-state index in [0.29, 0.717) is 5.56 Å². The summed E-state index contributed by atoms with van der Waals surface area (Å²) in [6.45, 7) is 0. The minimum Gasteiger partial charge on any atom is -0.399 e. The Labute approximate surface area is 135 Å². The average Bonchev–Trinajstić information content (AvgIpc) is 2.93. The van der Waals surface area contributed by atoms with Crippen molar-refractivity contribution in [2.45, 2.75) is 6.42 Å². The minimum atomic E-state index is -0.379. The number of nitrogen functional groups attached to an aromatic ring is 1. The van der Waals surface area contributed by atoms with Gasteiger partial charge in [-0.25, -0.2) is 0 Å². The quantitative estimate of drug-likeness (QED) is 0.527. The highest BCUT2D eigenvalue weighted by Crippen LogP contribution is 2.36. The van der Waals surface area contributed by atoms with E-state index in [1.54, 1.807) is 24.3 Å². The predicted molar refractivity (Wildman–Crippen MR) is 94.1 cm³/mol. The highest BCUT2D eigenvalue weighted by molar-refractivity contribution is 5.92. The number of carbonyl (C=O) groups excluding carboxylic acids is 1. The third-order valence-corrected chi connectivity index (χ3v) is 3.88. The Balaban J connectivity index is 0.000000151. The Morgan fingerprint density at radius 2 is 1.43 bits per heavy atom. The molecule has 0 atom stereocenters. The second kappa shape index (κ2) is 6.36. The first kappa shape index (κ1) is 14.9. The Morgan fingerprint density at radius 1 is 0.783 bits per heavy atom. The summed E-state index contributed by atoms with van der Waals surface area (Å²) >= 11 is 0. The van der Waals surface area contributed by atoms with Crippen LogP contribution in [-0.2, 0) is 6.42 Å². The molecule has 1 aliphatic carbocycles. The maximum Gasteiger partial charge on any atom is 0.248 e. The van der Waals surface area contributed by atoms with Crippen LogP contribution in [0.1, 0.15) is 21.5 Å². The second-order valence-electron chi connectivity index (χ2n) is 5.48. The molecule has 0 heterocycles. The number of nitrogens with two attached hydrogens (primary N) is 2. The summed E-state index contributed by atoms with van der Waals surface area (Å²) in [5.41, 5.74) is 17.6. The monoisotopic (exact) mass is 302 g/mol. The Morgan fingerprint density at radius 3 is 2.13 bits per heavy atom. The van der Waals surface area contributed by atoms with Gasteiger partial charge in [-0.3, -0.25) is 4.79 Å². The number of fused-ring (bicyclic) bond motifs is 3. The third kappa shape index (κ3) is 3.24. The summed E-state index contributed by atoms with van der Waals surface area (Å²) in [4.78, 5) is 10.4. The summed E-state index contributed by atoms with van der Waals surface area (Å²) in [5, 5.41) is 0. The first-order valence-electron chi connectivity index (χ1n) is 7.46. The van der Waals surface area contributed by atoms with E-state index in [1.165, 1.54) is 22.3 Å². The maximum absolute atomic E-state index is 10.4. The molecule has 0 fully saturated rings. The van der Waals surface area contributed by atoms with E-state index in [1.807, 2.05) is 12.1 Å². The first-order valence-corrected chi connectivity index (χ1v) is 7.46. The van der Waals surface area contributed by atoms with Crippen molar-refractivity contribution < 1.29 is 4.79 Å². The molecule has 114 valence electrons. The van der Waals surface area contributed by atoms with Crippen LogP contribution in [0.25, 0.3) is 11.1 Å². The molecule has 0 radical (unpaired) electrons. The molecule has 23 heavy (non-hydrogen) atoms. The molecule has 0 spiro atoms. The van der Waals surface area contributed by atoms with Crippen molar-refractivity contribution in [3.63, 3.8) is 0 Å². The van der Waals surface area contributed by atoms with Gasteiger partial charge in [0.1, 0.15) is 0 Å². The Bertz CT molecular complexity index is 841. The molecule has 0 saturated heterocycles. The molecule has 0 saturated carbocycles. The molecule has 3 heteroatoms. The summed E-state index contributed by atoms with van der Waals surface area (Å²) in [5.74, 6) is -0.379. The number of hydrogen-bond donors (Lipinski definition) is 2. The molecule has 0 bridgehead atoms. The van der Waals surface area contributed by atoms with E-state index in [-0.39, 0.29) is 5.91 Å². The lowest BCUT2D eigenvalue weighted by molar-refractivity contribution is 0.100. The van der Waals surface area contributed by atoms with Crippen molar-refractivity contribution >= 4 is 11.6 Å². The number of primary amides is 1. The van der Waals surface area contributed by atoms with Crippen molar-refractivity contribution in [1.82, 2.24) is 0 Å². The maximum atomic E-state index is 10.4. The number of hydrogen-bond acceptors (Lipinski definition) is 2. The number of amides is 1.